The van der Waals surface area contributed by atoms with E-state index >= 15 is 0 Å². The fourth-order valence-electron chi connectivity index (χ4n) is 1.41. The first-order valence-corrected chi connectivity index (χ1v) is 5.39. The third-order valence-corrected chi connectivity index (χ3v) is 3.87. The maximum Gasteiger partial charge on any atom is 0.0440 e. The highest BCUT2D eigenvalue weighted by Crippen LogP contribution is 2.33. The topological polar surface area (TPSA) is 46.2 Å². The van der Waals surface area contributed by atoms with Crippen LogP contribution in [-0.2, 0) is 5.41 Å². The molecule has 1 heterocycles. The molecule has 0 saturated carbocycles. The molecule has 0 spiro atoms. The summed E-state index contributed by atoms with van der Waals surface area (Å²) in [4.78, 5) is 1.26. The molecule has 1 aromatic heterocycles. The van der Waals surface area contributed by atoms with Gasteiger partial charge in [0, 0.05) is 22.9 Å². The minimum absolute atomic E-state index is 0.0679. The van der Waals surface area contributed by atoms with Crippen LogP contribution in [0.3, 0.4) is 0 Å². The van der Waals surface area contributed by atoms with E-state index in [0.29, 0.717) is 0 Å². The Balaban J connectivity index is 2.91. The molecule has 0 amide bonds. The first kappa shape index (κ1) is 10.7. The molecule has 1 aromatic rings. The fourth-order valence-corrected chi connectivity index (χ4v) is 2.43. The lowest BCUT2D eigenvalue weighted by molar-refractivity contribution is 0.231. The average Bonchev–Trinajstić information content (AvgIpc) is 2.56. The highest BCUT2D eigenvalue weighted by Gasteiger charge is 2.31. The van der Waals surface area contributed by atoms with Gasteiger partial charge in [0.1, 0.15) is 0 Å². The molecular formula is C10H17NOS. The van der Waals surface area contributed by atoms with Crippen molar-refractivity contribution in [1.29, 1.82) is 0 Å². The standard InChI is InChI=1S/C10H17NOS/c1-8(11)10(2,5-6-12)9-4-3-7-13-9/h3-4,7-8,12H,5-6,11H2,1-2H3. The van der Waals surface area contributed by atoms with Crippen LogP contribution in [0.15, 0.2) is 17.5 Å². The van der Waals surface area contributed by atoms with Gasteiger partial charge in [-0.15, -0.1) is 11.3 Å². The van der Waals surface area contributed by atoms with E-state index in [4.69, 9.17) is 10.8 Å². The van der Waals surface area contributed by atoms with Crippen LogP contribution in [-0.4, -0.2) is 17.8 Å². The molecule has 0 bridgehead atoms. The molecule has 13 heavy (non-hydrogen) atoms. The first-order valence-electron chi connectivity index (χ1n) is 4.51. The maximum atomic E-state index is 9.00. The van der Waals surface area contributed by atoms with Gasteiger partial charge in [0.25, 0.3) is 0 Å². The van der Waals surface area contributed by atoms with Crippen molar-refractivity contribution in [3.8, 4) is 0 Å². The largest absolute Gasteiger partial charge is 0.396 e. The Morgan fingerprint density at radius 2 is 2.38 bits per heavy atom. The lowest BCUT2D eigenvalue weighted by Crippen LogP contribution is -2.41. The monoisotopic (exact) mass is 199 g/mol. The van der Waals surface area contributed by atoms with E-state index in [1.165, 1.54) is 4.88 Å². The number of hydrogen-bond acceptors (Lipinski definition) is 3. The van der Waals surface area contributed by atoms with E-state index in [0.717, 1.165) is 6.42 Å². The molecule has 0 radical (unpaired) electrons. The summed E-state index contributed by atoms with van der Waals surface area (Å²) >= 11 is 1.71. The van der Waals surface area contributed by atoms with E-state index in [-0.39, 0.29) is 18.1 Å². The minimum atomic E-state index is -0.0804. The molecule has 0 saturated heterocycles. The lowest BCUT2D eigenvalue weighted by Gasteiger charge is -2.32. The van der Waals surface area contributed by atoms with E-state index < -0.39 is 0 Å². The molecule has 3 heteroatoms. The molecule has 2 unspecified atom stereocenters. The van der Waals surface area contributed by atoms with Gasteiger partial charge in [-0.3, -0.25) is 0 Å². The van der Waals surface area contributed by atoms with E-state index in [1.54, 1.807) is 11.3 Å². The van der Waals surface area contributed by atoms with Crippen molar-refractivity contribution in [2.75, 3.05) is 6.61 Å². The predicted molar refractivity (Wildman–Crippen MR) is 57.0 cm³/mol. The van der Waals surface area contributed by atoms with E-state index in [2.05, 4.69) is 13.0 Å². The number of hydrogen-bond donors (Lipinski definition) is 2. The molecular weight excluding hydrogens is 182 g/mol. The van der Waals surface area contributed by atoms with Gasteiger partial charge in [0.2, 0.25) is 0 Å². The Bertz CT molecular complexity index is 245. The number of aliphatic hydroxyl groups excluding tert-OH is 1. The van der Waals surface area contributed by atoms with Crippen LogP contribution in [0.4, 0.5) is 0 Å². The summed E-state index contributed by atoms with van der Waals surface area (Å²) in [6.45, 7) is 4.30. The molecule has 0 fully saturated rings. The smallest absolute Gasteiger partial charge is 0.0440 e. The van der Waals surface area contributed by atoms with Gasteiger partial charge in [-0.2, -0.15) is 0 Å². The summed E-state index contributed by atoms with van der Waals surface area (Å²) in [5, 5.41) is 11.0. The Morgan fingerprint density at radius 1 is 1.69 bits per heavy atom. The van der Waals surface area contributed by atoms with Crippen molar-refractivity contribution < 1.29 is 5.11 Å². The minimum Gasteiger partial charge on any atom is -0.396 e. The summed E-state index contributed by atoms with van der Waals surface area (Å²) < 4.78 is 0. The molecule has 0 aliphatic heterocycles. The molecule has 0 aliphatic carbocycles. The van der Waals surface area contributed by atoms with Crippen LogP contribution in [0.5, 0.6) is 0 Å². The second-order valence-corrected chi connectivity index (χ2v) is 4.60. The van der Waals surface area contributed by atoms with Gasteiger partial charge < -0.3 is 10.8 Å². The third kappa shape index (κ3) is 2.10. The normalized spacial score (nSPS) is 18.2. The number of thiophene rings is 1. The number of aliphatic hydroxyl groups is 1. The SMILES string of the molecule is CC(N)C(C)(CCO)c1cccs1. The van der Waals surface area contributed by atoms with Crippen molar-refractivity contribution in [2.45, 2.75) is 31.7 Å². The fraction of sp³-hybridized carbons (Fsp3) is 0.600. The summed E-state index contributed by atoms with van der Waals surface area (Å²) in [6, 6.07) is 4.18. The van der Waals surface area contributed by atoms with Crippen LogP contribution < -0.4 is 5.73 Å². The molecule has 2 atom stereocenters. The summed E-state index contributed by atoms with van der Waals surface area (Å²) in [5.74, 6) is 0. The quantitative estimate of drug-likeness (QED) is 0.776. The van der Waals surface area contributed by atoms with Gasteiger partial charge in [-0.25, -0.2) is 0 Å². The van der Waals surface area contributed by atoms with Crippen LogP contribution >= 0.6 is 11.3 Å². The van der Waals surface area contributed by atoms with Gasteiger partial charge >= 0.3 is 0 Å². The predicted octanol–water partition coefficient (Wildman–Crippen LogP) is 1.74. The van der Waals surface area contributed by atoms with Crippen molar-refractivity contribution in [3.05, 3.63) is 22.4 Å². The van der Waals surface area contributed by atoms with Crippen molar-refractivity contribution >= 4 is 11.3 Å². The second-order valence-electron chi connectivity index (χ2n) is 3.66. The second kappa shape index (κ2) is 4.22. The number of rotatable bonds is 4. The maximum absolute atomic E-state index is 9.00. The van der Waals surface area contributed by atoms with Gasteiger partial charge in [-0.05, 0) is 24.8 Å². The molecule has 0 aromatic carbocycles. The molecule has 1 rings (SSSR count). The number of nitrogens with two attached hydrogens (primary N) is 1. The lowest BCUT2D eigenvalue weighted by atomic mass is 9.79. The Hall–Kier alpha value is -0.380. The van der Waals surface area contributed by atoms with Crippen LogP contribution in [0.2, 0.25) is 0 Å². The van der Waals surface area contributed by atoms with Crippen LogP contribution in [0.1, 0.15) is 25.1 Å². The Labute approximate surface area is 83.4 Å². The Morgan fingerprint density at radius 3 is 2.77 bits per heavy atom. The molecule has 74 valence electrons. The first-order chi connectivity index (χ1) is 6.11. The van der Waals surface area contributed by atoms with Crippen molar-refractivity contribution in [3.63, 3.8) is 0 Å². The zero-order valence-corrected chi connectivity index (χ0v) is 8.97. The molecule has 0 aliphatic rings. The van der Waals surface area contributed by atoms with Crippen molar-refractivity contribution in [1.82, 2.24) is 0 Å². The van der Waals surface area contributed by atoms with Crippen LogP contribution in [0.25, 0.3) is 0 Å². The zero-order chi connectivity index (χ0) is 9.90. The summed E-state index contributed by atoms with van der Waals surface area (Å²) in [7, 11) is 0. The zero-order valence-electron chi connectivity index (χ0n) is 8.16. The third-order valence-electron chi connectivity index (χ3n) is 2.72. The molecule has 3 N–H and O–H groups in total. The average molecular weight is 199 g/mol. The van der Waals surface area contributed by atoms with Crippen LogP contribution in [0, 0.1) is 0 Å². The van der Waals surface area contributed by atoms with Crippen molar-refractivity contribution in [2.24, 2.45) is 5.73 Å². The van der Waals surface area contributed by atoms with E-state index in [1.807, 2.05) is 18.4 Å². The van der Waals surface area contributed by atoms with Gasteiger partial charge in [-0.1, -0.05) is 13.0 Å². The van der Waals surface area contributed by atoms with E-state index in [9.17, 15) is 0 Å². The van der Waals surface area contributed by atoms with Gasteiger partial charge in [0.05, 0.1) is 0 Å². The van der Waals surface area contributed by atoms with Gasteiger partial charge in [0.15, 0.2) is 0 Å². The summed E-state index contributed by atoms with van der Waals surface area (Å²) in [5.41, 5.74) is 5.86. The molecule has 2 nitrogen and oxygen atoms in total. The highest BCUT2D eigenvalue weighted by atomic mass is 32.1. The summed E-state index contributed by atoms with van der Waals surface area (Å²) in [6.07, 6.45) is 0.727. The highest BCUT2D eigenvalue weighted by molar-refractivity contribution is 7.10. The Kier molecular flexibility index (Phi) is 3.47.